The van der Waals surface area contributed by atoms with Crippen molar-refractivity contribution >= 4 is 23.4 Å². The lowest BCUT2D eigenvalue weighted by Crippen LogP contribution is -2.45. The van der Waals surface area contributed by atoms with Gasteiger partial charge in [0.05, 0.1) is 7.11 Å². The number of benzene rings is 2. The molecule has 1 atom stereocenters. The normalized spacial score (nSPS) is 13.5. The molecule has 1 fully saturated rings. The minimum Gasteiger partial charge on any atom is -0.497 e. The number of methoxy groups -OCH3 is 1. The first kappa shape index (κ1) is 29.9. The van der Waals surface area contributed by atoms with Crippen LogP contribution in [0.4, 0.5) is 0 Å². The molecule has 0 aliphatic heterocycles. The lowest BCUT2D eigenvalue weighted by Gasteiger charge is -2.32. The standard InChI is InChI=1S/C29H33ClN2O3.C2H6/c1-5-7-21(6-2)19-31-29(34)28(23-16-20(3)17-24(30)18-23)32(25-11-12-25)27(33)15-10-22-8-13-26(35-4)14-9-22;1-2/h5-9,13-14,16-18,25,28H,1-2,10-12,15,19H2,3-4H3,(H,31,34);1-2H3/b21-7+;. The molecule has 1 aliphatic rings. The SMILES string of the molecule is C=C/C=C(\C=C)CNC(=O)C(c1cc(C)cc(Cl)c1)N(C(=O)CCc1ccc(OC)cc1)C1CC1.CC. The van der Waals surface area contributed by atoms with Crippen LogP contribution in [0.3, 0.4) is 0 Å². The van der Waals surface area contributed by atoms with Crippen LogP contribution in [-0.4, -0.2) is 36.4 Å². The fourth-order valence-electron chi connectivity index (χ4n) is 4.08. The first-order valence-electron chi connectivity index (χ1n) is 12.8. The highest BCUT2D eigenvalue weighted by atomic mass is 35.5. The first-order chi connectivity index (χ1) is 17.9. The van der Waals surface area contributed by atoms with Crippen LogP contribution in [0.1, 0.15) is 55.8 Å². The minimum absolute atomic E-state index is 0.0380. The number of hydrogen-bond donors (Lipinski definition) is 1. The number of nitrogens with zero attached hydrogens (tertiary/aromatic N) is 1. The molecule has 3 rings (SSSR count). The van der Waals surface area contributed by atoms with Gasteiger partial charge in [-0.15, -0.1) is 0 Å². The van der Waals surface area contributed by atoms with Crippen LogP contribution in [0.15, 0.2) is 79.4 Å². The second kappa shape index (κ2) is 15.1. The topological polar surface area (TPSA) is 58.6 Å². The fourth-order valence-corrected chi connectivity index (χ4v) is 4.38. The zero-order valence-electron chi connectivity index (χ0n) is 22.4. The number of carbonyl (C=O) groups excluding carboxylic acids is 2. The molecule has 2 amide bonds. The number of hydrogen-bond acceptors (Lipinski definition) is 3. The van der Waals surface area contributed by atoms with Crippen LogP contribution in [-0.2, 0) is 16.0 Å². The van der Waals surface area contributed by atoms with Crippen LogP contribution in [0.5, 0.6) is 5.75 Å². The molecule has 198 valence electrons. The lowest BCUT2D eigenvalue weighted by molar-refractivity contribution is -0.141. The molecule has 1 aliphatic carbocycles. The van der Waals surface area contributed by atoms with Crippen molar-refractivity contribution in [3.8, 4) is 5.75 Å². The average molecular weight is 523 g/mol. The summed E-state index contributed by atoms with van der Waals surface area (Å²) in [4.78, 5) is 28.9. The van der Waals surface area contributed by atoms with Gasteiger partial charge in [0, 0.05) is 24.0 Å². The Morgan fingerprint density at radius 3 is 2.38 bits per heavy atom. The Hall–Kier alpha value is -3.31. The van der Waals surface area contributed by atoms with Gasteiger partial charge in [0.1, 0.15) is 11.8 Å². The predicted octanol–water partition coefficient (Wildman–Crippen LogP) is 6.76. The zero-order valence-corrected chi connectivity index (χ0v) is 23.2. The average Bonchev–Trinajstić information content (AvgIpc) is 3.74. The number of ether oxygens (including phenoxy) is 1. The van der Waals surface area contributed by atoms with Gasteiger partial charge in [-0.3, -0.25) is 9.59 Å². The summed E-state index contributed by atoms with van der Waals surface area (Å²) in [6.45, 7) is 13.7. The van der Waals surface area contributed by atoms with E-state index in [-0.39, 0.29) is 17.9 Å². The Kier molecular flexibility index (Phi) is 12.2. The monoisotopic (exact) mass is 522 g/mol. The van der Waals surface area contributed by atoms with Crippen molar-refractivity contribution in [3.63, 3.8) is 0 Å². The molecule has 2 aromatic carbocycles. The van der Waals surface area contributed by atoms with Crippen molar-refractivity contribution in [2.75, 3.05) is 13.7 Å². The summed E-state index contributed by atoms with van der Waals surface area (Å²) in [5.41, 5.74) is 3.52. The highest BCUT2D eigenvalue weighted by Crippen LogP contribution is 2.36. The molecular weight excluding hydrogens is 484 g/mol. The highest BCUT2D eigenvalue weighted by Gasteiger charge is 2.41. The number of amides is 2. The van der Waals surface area contributed by atoms with Crippen molar-refractivity contribution in [2.24, 2.45) is 0 Å². The van der Waals surface area contributed by atoms with E-state index in [1.54, 1.807) is 36.3 Å². The summed E-state index contributed by atoms with van der Waals surface area (Å²) in [5.74, 6) is 0.483. The van der Waals surface area contributed by atoms with Gasteiger partial charge < -0.3 is 15.0 Å². The molecule has 0 bridgehead atoms. The van der Waals surface area contributed by atoms with Crippen LogP contribution in [0, 0.1) is 6.92 Å². The molecular formula is C31H39ClN2O3. The number of nitrogens with one attached hydrogen (secondary N) is 1. The van der Waals surface area contributed by atoms with Crippen molar-refractivity contribution < 1.29 is 14.3 Å². The van der Waals surface area contributed by atoms with E-state index in [0.717, 1.165) is 35.3 Å². The number of aryl methyl sites for hydroxylation is 2. The van der Waals surface area contributed by atoms with Gasteiger partial charge >= 0.3 is 0 Å². The minimum atomic E-state index is -0.766. The van der Waals surface area contributed by atoms with E-state index in [1.165, 1.54) is 0 Å². The van der Waals surface area contributed by atoms with E-state index < -0.39 is 6.04 Å². The molecule has 0 aromatic heterocycles. The van der Waals surface area contributed by atoms with Crippen LogP contribution in [0.2, 0.25) is 5.02 Å². The maximum atomic E-state index is 13.6. The van der Waals surface area contributed by atoms with E-state index in [9.17, 15) is 9.59 Å². The van der Waals surface area contributed by atoms with Gasteiger partial charge in [-0.05, 0) is 72.7 Å². The van der Waals surface area contributed by atoms with Gasteiger partial charge in [0.2, 0.25) is 11.8 Å². The van der Waals surface area contributed by atoms with Crippen LogP contribution in [0.25, 0.3) is 0 Å². The Bertz CT molecular complexity index is 1080. The third-order valence-electron chi connectivity index (χ3n) is 5.98. The van der Waals surface area contributed by atoms with Gasteiger partial charge in [-0.2, -0.15) is 0 Å². The van der Waals surface area contributed by atoms with E-state index in [0.29, 0.717) is 30.0 Å². The predicted molar refractivity (Wildman–Crippen MR) is 153 cm³/mol. The lowest BCUT2D eigenvalue weighted by atomic mass is 10.00. The third-order valence-corrected chi connectivity index (χ3v) is 6.20. The number of allylic oxidation sites excluding steroid dienone is 2. The van der Waals surface area contributed by atoms with E-state index >= 15 is 0 Å². The van der Waals surface area contributed by atoms with E-state index in [1.807, 2.05) is 57.2 Å². The molecule has 1 unspecified atom stereocenters. The Balaban J connectivity index is 0.00000235. The molecule has 2 aromatic rings. The van der Waals surface area contributed by atoms with Gasteiger partial charge in [-0.25, -0.2) is 0 Å². The maximum absolute atomic E-state index is 13.6. The molecule has 1 saturated carbocycles. The summed E-state index contributed by atoms with van der Waals surface area (Å²) in [5, 5.41) is 3.52. The van der Waals surface area contributed by atoms with Gasteiger partial charge in [0.25, 0.3) is 0 Å². The van der Waals surface area contributed by atoms with Crippen molar-refractivity contribution in [3.05, 3.63) is 101 Å². The maximum Gasteiger partial charge on any atom is 0.247 e. The number of halogens is 1. The summed E-state index contributed by atoms with van der Waals surface area (Å²) < 4.78 is 5.22. The summed E-state index contributed by atoms with van der Waals surface area (Å²) in [6, 6.07) is 12.5. The van der Waals surface area contributed by atoms with Gasteiger partial charge in [-0.1, -0.05) is 75.0 Å². The van der Waals surface area contributed by atoms with Crippen molar-refractivity contribution in [2.45, 2.75) is 58.5 Å². The van der Waals surface area contributed by atoms with Crippen molar-refractivity contribution in [1.29, 1.82) is 0 Å². The highest BCUT2D eigenvalue weighted by molar-refractivity contribution is 6.30. The number of carbonyl (C=O) groups is 2. The second-order valence-corrected chi connectivity index (χ2v) is 9.18. The molecule has 0 heterocycles. The molecule has 0 spiro atoms. The molecule has 37 heavy (non-hydrogen) atoms. The molecule has 0 radical (unpaired) electrons. The summed E-state index contributed by atoms with van der Waals surface area (Å²) in [7, 11) is 1.62. The van der Waals surface area contributed by atoms with Crippen LogP contribution < -0.4 is 10.1 Å². The summed E-state index contributed by atoms with van der Waals surface area (Å²) in [6.07, 6.45) is 7.78. The fraction of sp³-hybridized carbons (Fsp3) is 0.355. The molecule has 6 heteroatoms. The molecule has 1 N–H and O–H groups in total. The second-order valence-electron chi connectivity index (χ2n) is 8.74. The van der Waals surface area contributed by atoms with E-state index in [4.69, 9.17) is 16.3 Å². The smallest absolute Gasteiger partial charge is 0.247 e. The molecule has 0 saturated heterocycles. The first-order valence-corrected chi connectivity index (χ1v) is 13.2. The Morgan fingerprint density at radius 1 is 1.16 bits per heavy atom. The third kappa shape index (κ3) is 8.94. The van der Waals surface area contributed by atoms with Crippen LogP contribution >= 0.6 is 11.6 Å². The molecule has 5 nitrogen and oxygen atoms in total. The largest absolute Gasteiger partial charge is 0.497 e. The Morgan fingerprint density at radius 2 is 1.84 bits per heavy atom. The van der Waals surface area contributed by atoms with E-state index in [2.05, 4.69) is 18.5 Å². The number of rotatable bonds is 12. The summed E-state index contributed by atoms with van der Waals surface area (Å²) >= 11 is 6.36. The van der Waals surface area contributed by atoms with Crippen molar-refractivity contribution in [1.82, 2.24) is 10.2 Å². The Labute approximate surface area is 226 Å². The van der Waals surface area contributed by atoms with Gasteiger partial charge in [0.15, 0.2) is 0 Å². The quantitative estimate of drug-likeness (QED) is 0.313. The zero-order chi connectivity index (χ0) is 27.4.